The summed E-state index contributed by atoms with van der Waals surface area (Å²) in [5.74, 6) is 3.65. The summed E-state index contributed by atoms with van der Waals surface area (Å²) in [5, 5.41) is 2.63. The van der Waals surface area contributed by atoms with E-state index in [2.05, 4.69) is 50.8 Å². The van der Waals surface area contributed by atoms with Crippen molar-refractivity contribution in [3.63, 3.8) is 0 Å². The molecule has 0 bridgehead atoms. The Morgan fingerprint density at radius 2 is 1.45 bits per heavy atom. The number of ether oxygens (including phenoxy) is 3. The summed E-state index contributed by atoms with van der Waals surface area (Å²) >= 11 is 1.48. The number of likely N-dealkylation sites (N-methyl/N-ethyl adjacent to an activating group) is 1. The topological polar surface area (TPSA) is 125 Å². The zero-order valence-corrected chi connectivity index (χ0v) is 32.4. The first-order chi connectivity index (χ1) is 27.0. The van der Waals surface area contributed by atoms with Crippen molar-refractivity contribution in [1.29, 1.82) is 0 Å². The quantitative estimate of drug-likeness (QED) is 0.171. The molecule has 2 aromatic carbocycles. The van der Waals surface area contributed by atoms with Crippen LogP contribution < -0.4 is 24.2 Å². The van der Waals surface area contributed by atoms with Gasteiger partial charge in [0.25, 0.3) is 5.91 Å². The predicted molar refractivity (Wildman–Crippen MR) is 213 cm³/mol. The fourth-order valence-corrected chi connectivity index (χ4v) is 8.02. The molecule has 5 aromatic rings. The smallest absolute Gasteiger partial charge is 0.273 e. The number of amides is 1. The lowest BCUT2D eigenvalue weighted by Crippen LogP contribution is -2.48. The fraction of sp³-hybridized carbons (Fsp3) is 0.400. The van der Waals surface area contributed by atoms with Gasteiger partial charge >= 0.3 is 0 Å². The van der Waals surface area contributed by atoms with Crippen molar-refractivity contribution < 1.29 is 19.0 Å². The van der Waals surface area contributed by atoms with Gasteiger partial charge in [-0.15, -0.1) is 11.3 Å². The number of methoxy groups -OCH3 is 2. The summed E-state index contributed by atoms with van der Waals surface area (Å²) in [4.78, 5) is 49.2. The van der Waals surface area contributed by atoms with Gasteiger partial charge in [-0.25, -0.2) is 19.9 Å². The van der Waals surface area contributed by atoms with Gasteiger partial charge < -0.3 is 38.7 Å². The largest absolute Gasteiger partial charge is 0.497 e. The molecule has 55 heavy (non-hydrogen) atoms. The van der Waals surface area contributed by atoms with Crippen molar-refractivity contribution in [2.24, 2.45) is 0 Å². The van der Waals surface area contributed by atoms with Gasteiger partial charge in [-0.3, -0.25) is 4.79 Å². The Morgan fingerprint density at radius 1 is 0.818 bits per heavy atom. The number of benzene rings is 2. The zero-order valence-electron chi connectivity index (χ0n) is 31.6. The maximum absolute atomic E-state index is 13.5. The minimum atomic E-state index is -0.0136. The molecule has 3 aliphatic heterocycles. The third-order valence-corrected chi connectivity index (χ3v) is 11.3. The van der Waals surface area contributed by atoms with E-state index in [1.165, 1.54) is 11.3 Å². The summed E-state index contributed by atoms with van der Waals surface area (Å²) in [7, 11) is 3.34. The number of fused-ring (bicyclic) bond motifs is 1. The van der Waals surface area contributed by atoms with Gasteiger partial charge in [-0.1, -0.05) is 31.2 Å². The fourth-order valence-electron chi connectivity index (χ4n) is 7.20. The van der Waals surface area contributed by atoms with Gasteiger partial charge in [-0.2, -0.15) is 4.98 Å². The molecule has 3 aliphatic rings. The SMILES string of the molecule is CCN1CCN(C(=O)c2csc(N3CCc4c(-c5cnc(N(Cc6ccc(OC)cc6)Cc6ccc(OC)cc6)nc5)nc(N5CCOCC5)nc43)n2)CC1. The van der Waals surface area contributed by atoms with Gasteiger partial charge in [0.05, 0.1) is 33.1 Å². The Labute approximate surface area is 325 Å². The second-order valence-corrected chi connectivity index (χ2v) is 14.6. The first-order valence-corrected chi connectivity index (χ1v) is 19.7. The zero-order chi connectivity index (χ0) is 37.7. The third kappa shape index (κ3) is 8.04. The molecule has 0 aliphatic carbocycles. The van der Waals surface area contributed by atoms with Crippen molar-refractivity contribution in [2.75, 3.05) is 94.5 Å². The summed E-state index contributed by atoms with van der Waals surface area (Å²) in [6.45, 7) is 10.8. The first kappa shape index (κ1) is 36.6. The highest BCUT2D eigenvalue weighted by Crippen LogP contribution is 2.40. The Bertz CT molecular complexity index is 2020. The number of carbonyl (C=O) groups is 1. The first-order valence-electron chi connectivity index (χ1n) is 18.8. The van der Waals surface area contributed by atoms with E-state index in [-0.39, 0.29) is 5.91 Å². The Balaban J connectivity index is 1.09. The number of nitrogens with zero attached hydrogens (tertiary/aromatic N) is 10. The van der Waals surface area contributed by atoms with Gasteiger partial charge in [0.2, 0.25) is 11.9 Å². The van der Waals surface area contributed by atoms with E-state index >= 15 is 0 Å². The van der Waals surface area contributed by atoms with Crippen molar-refractivity contribution >= 4 is 40.1 Å². The molecule has 15 heteroatoms. The highest BCUT2D eigenvalue weighted by Gasteiger charge is 2.32. The molecule has 2 saturated heterocycles. The number of thiazole rings is 1. The number of piperazine rings is 1. The maximum atomic E-state index is 13.5. The molecule has 8 rings (SSSR count). The highest BCUT2D eigenvalue weighted by atomic mass is 32.1. The Hall–Kier alpha value is -5.38. The van der Waals surface area contributed by atoms with Gasteiger partial charge in [-0.05, 0) is 48.4 Å². The van der Waals surface area contributed by atoms with Gasteiger partial charge in [0.15, 0.2) is 5.13 Å². The second-order valence-electron chi connectivity index (χ2n) is 13.7. The van der Waals surface area contributed by atoms with Crippen LogP contribution in [0.25, 0.3) is 11.3 Å². The molecular weight excluding hydrogens is 717 g/mol. The number of aromatic nitrogens is 5. The van der Waals surface area contributed by atoms with Crippen LogP contribution in [0.1, 0.15) is 34.1 Å². The van der Waals surface area contributed by atoms with Gasteiger partial charge in [0, 0.05) is 87.8 Å². The molecule has 6 heterocycles. The van der Waals surface area contributed by atoms with Crippen LogP contribution in [0.15, 0.2) is 66.3 Å². The van der Waals surface area contributed by atoms with E-state index in [1.807, 2.05) is 46.9 Å². The predicted octanol–water partition coefficient (Wildman–Crippen LogP) is 4.92. The number of carbonyl (C=O) groups excluding carboxylic acids is 1. The average molecular weight is 763 g/mol. The van der Waals surface area contributed by atoms with Crippen LogP contribution in [0.2, 0.25) is 0 Å². The molecule has 0 N–H and O–H groups in total. The van der Waals surface area contributed by atoms with E-state index in [0.717, 1.165) is 76.5 Å². The summed E-state index contributed by atoms with van der Waals surface area (Å²) < 4.78 is 16.4. The molecule has 0 atom stereocenters. The normalized spacial score (nSPS) is 15.9. The monoisotopic (exact) mass is 762 g/mol. The van der Waals surface area contributed by atoms with Crippen molar-refractivity contribution in [3.8, 4) is 22.8 Å². The lowest BCUT2D eigenvalue weighted by molar-refractivity contribution is 0.0638. The van der Waals surface area contributed by atoms with Crippen molar-refractivity contribution in [3.05, 3.63) is 88.7 Å². The van der Waals surface area contributed by atoms with Crippen molar-refractivity contribution in [2.45, 2.75) is 26.4 Å². The number of hydrogen-bond acceptors (Lipinski definition) is 14. The van der Waals surface area contributed by atoms with E-state index in [0.29, 0.717) is 76.6 Å². The summed E-state index contributed by atoms with van der Waals surface area (Å²) in [6.07, 6.45) is 4.45. The maximum Gasteiger partial charge on any atom is 0.273 e. The van der Waals surface area contributed by atoms with Crippen LogP contribution in [0.3, 0.4) is 0 Å². The van der Waals surface area contributed by atoms with E-state index in [9.17, 15) is 4.79 Å². The molecule has 0 saturated carbocycles. The van der Waals surface area contributed by atoms with E-state index in [1.54, 1.807) is 14.2 Å². The number of hydrogen-bond donors (Lipinski definition) is 0. The van der Waals surface area contributed by atoms with Crippen LogP contribution in [0.4, 0.5) is 22.8 Å². The minimum Gasteiger partial charge on any atom is -0.497 e. The minimum absolute atomic E-state index is 0.0136. The Kier molecular flexibility index (Phi) is 11.0. The van der Waals surface area contributed by atoms with E-state index < -0.39 is 0 Å². The number of morpholine rings is 1. The third-order valence-electron chi connectivity index (χ3n) is 10.4. The second kappa shape index (κ2) is 16.6. The lowest BCUT2D eigenvalue weighted by Gasteiger charge is -2.33. The molecule has 0 radical (unpaired) electrons. The van der Waals surface area contributed by atoms with Gasteiger partial charge in [0.1, 0.15) is 23.0 Å². The van der Waals surface area contributed by atoms with Crippen LogP contribution >= 0.6 is 11.3 Å². The van der Waals surface area contributed by atoms with Crippen LogP contribution in [-0.2, 0) is 24.2 Å². The summed E-state index contributed by atoms with van der Waals surface area (Å²) in [5.41, 5.74) is 5.33. The Morgan fingerprint density at radius 3 is 2.05 bits per heavy atom. The van der Waals surface area contributed by atoms with Crippen LogP contribution in [-0.4, -0.2) is 120 Å². The molecule has 14 nitrogen and oxygen atoms in total. The van der Waals surface area contributed by atoms with Crippen LogP contribution in [0.5, 0.6) is 11.5 Å². The summed E-state index contributed by atoms with van der Waals surface area (Å²) in [6, 6.07) is 16.1. The van der Waals surface area contributed by atoms with E-state index in [4.69, 9.17) is 39.1 Å². The van der Waals surface area contributed by atoms with Crippen LogP contribution in [0, 0.1) is 0 Å². The standard InChI is InChI=1S/C40H46N10O4S/c1-4-46-15-17-47(18-16-46)37(51)34-27-55-40(43-34)50-14-13-33-35(44-39(45-36(33)50)48-19-21-54-22-20-48)30-23-41-38(42-24-30)49(25-28-5-9-31(52-2)10-6-28)26-29-7-11-32(53-3)12-8-29/h5-12,23-24,27H,4,13-22,25-26H2,1-3H3. The highest BCUT2D eigenvalue weighted by molar-refractivity contribution is 7.14. The molecular formula is C40H46N10O4S. The average Bonchev–Trinajstić information content (AvgIpc) is 3.92. The molecule has 3 aromatic heterocycles. The molecule has 0 unspecified atom stereocenters. The molecule has 1 amide bonds. The number of anilines is 4. The molecule has 0 spiro atoms. The lowest BCUT2D eigenvalue weighted by atomic mass is 10.1. The molecule has 2 fully saturated rings. The number of rotatable bonds is 12. The van der Waals surface area contributed by atoms with Crippen molar-refractivity contribution in [1.82, 2.24) is 34.7 Å². The molecule has 286 valence electrons.